The molecule has 0 atom stereocenters. The summed E-state index contributed by atoms with van der Waals surface area (Å²) in [5.74, 6) is 1.06. The van der Waals surface area contributed by atoms with Crippen molar-refractivity contribution in [3.05, 3.63) is 47.0 Å². The fourth-order valence-electron chi connectivity index (χ4n) is 2.77. The van der Waals surface area contributed by atoms with Crippen LogP contribution in [0.3, 0.4) is 0 Å². The Balaban J connectivity index is 2.32. The quantitative estimate of drug-likeness (QED) is 0.643. The fourth-order valence-corrected chi connectivity index (χ4v) is 2.77. The maximum atomic E-state index is 12.8. The number of aliphatic hydroxyl groups is 1. The van der Waals surface area contributed by atoms with Crippen LogP contribution in [0.4, 0.5) is 5.69 Å². The summed E-state index contributed by atoms with van der Waals surface area (Å²) in [6.07, 6.45) is 0.408. The predicted octanol–water partition coefficient (Wildman–Crippen LogP) is 2.98. The number of anilines is 1. The van der Waals surface area contributed by atoms with E-state index in [9.17, 15) is 14.7 Å². The Morgan fingerprint density at radius 1 is 1.00 bits per heavy atom. The van der Waals surface area contributed by atoms with Crippen LogP contribution in [-0.4, -0.2) is 38.1 Å². The van der Waals surface area contributed by atoms with Crippen molar-refractivity contribution in [2.75, 3.05) is 26.6 Å². The topological polar surface area (TPSA) is 94.1 Å². The third-order valence-corrected chi connectivity index (χ3v) is 4.29. The number of amides is 1. The summed E-state index contributed by atoms with van der Waals surface area (Å²) in [5, 5.41) is 12.2. The second kappa shape index (κ2) is 9.75. The maximum absolute atomic E-state index is 12.8. The van der Waals surface area contributed by atoms with E-state index in [0.717, 1.165) is 0 Å². The van der Waals surface area contributed by atoms with Gasteiger partial charge in [0, 0.05) is 29.7 Å². The van der Waals surface area contributed by atoms with Crippen molar-refractivity contribution in [2.45, 2.75) is 26.4 Å². The molecule has 0 saturated carbocycles. The lowest BCUT2D eigenvalue weighted by molar-refractivity contribution is -0.115. The summed E-state index contributed by atoms with van der Waals surface area (Å²) in [6.45, 7) is 1.49. The lowest BCUT2D eigenvalue weighted by atomic mass is 10.00. The van der Waals surface area contributed by atoms with Crippen LogP contribution in [0.25, 0.3) is 0 Å². The number of nitrogens with one attached hydrogen (secondary N) is 1. The van der Waals surface area contributed by atoms with Crippen LogP contribution in [-0.2, 0) is 17.8 Å². The van der Waals surface area contributed by atoms with E-state index in [1.807, 2.05) is 0 Å². The van der Waals surface area contributed by atoms with Crippen LogP contribution in [0.5, 0.6) is 17.2 Å². The molecule has 0 bridgehead atoms. The number of ketones is 1. The minimum absolute atomic E-state index is 0.107. The van der Waals surface area contributed by atoms with Crippen LogP contribution in [0.15, 0.2) is 30.3 Å². The van der Waals surface area contributed by atoms with Gasteiger partial charge >= 0.3 is 0 Å². The van der Waals surface area contributed by atoms with E-state index in [1.54, 1.807) is 37.3 Å². The molecule has 0 unspecified atom stereocenters. The zero-order chi connectivity index (χ0) is 20.7. The molecule has 2 N–H and O–H groups in total. The van der Waals surface area contributed by atoms with Gasteiger partial charge in [-0.05, 0) is 23.8 Å². The summed E-state index contributed by atoms with van der Waals surface area (Å²) >= 11 is 0. The van der Waals surface area contributed by atoms with E-state index < -0.39 is 0 Å². The van der Waals surface area contributed by atoms with Gasteiger partial charge < -0.3 is 24.6 Å². The number of carbonyl (C=O) groups excluding carboxylic acids is 2. The number of ether oxygens (including phenoxy) is 3. The first-order chi connectivity index (χ1) is 13.5. The number of Topliss-reactive ketones (excluding diaryl/α,β-unsaturated/α-hetero) is 1. The van der Waals surface area contributed by atoms with Gasteiger partial charge in [0.25, 0.3) is 0 Å². The molecular formula is C21H25NO6. The number of hydrogen-bond acceptors (Lipinski definition) is 6. The van der Waals surface area contributed by atoms with Crippen molar-refractivity contribution in [2.24, 2.45) is 0 Å². The first kappa shape index (κ1) is 21.2. The van der Waals surface area contributed by atoms with Gasteiger partial charge in [0.05, 0.1) is 27.9 Å². The predicted molar refractivity (Wildman–Crippen MR) is 105 cm³/mol. The standard InChI is InChI=1S/C21H25NO6/c1-5-20(25)22-16-11-14(6-7-15(16)12-23)17(24)8-13-9-18(26-2)21(28-4)19(10-13)27-3/h6-7,9-11,23H,5,8,12H2,1-4H3,(H,22,25). The van der Waals surface area contributed by atoms with Crippen molar-refractivity contribution < 1.29 is 28.9 Å². The molecule has 2 rings (SSSR count). The number of methoxy groups -OCH3 is 3. The number of hydrogen-bond donors (Lipinski definition) is 2. The Bertz CT molecular complexity index is 837. The Morgan fingerprint density at radius 3 is 2.14 bits per heavy atom. The van der Waals surface area contributed by atoms with Crippen molar-refractivity contribution in [1.82, 2.24) is 0 Å². The zero-order valence-corrected chi connectivity index (χ0v) is 16.5. The first-order valence-corrected chi connectivity index (χ1v) is 8.83. The number of rotatable bonds is 9. The molecule has 2 aromatic rings. The van der Waals surface area contributed by atoms with Crippen LogP contribution in [0.2, 0.25) is 0 Å². The molecule has 7 heteroatoms. The average molecular weight is 387 g/mol. The molecule has 28 heavy (non-hydrogen) atoms. The Hall–Kier alpha value is -3.06. The van der Waals surface area contributed by atoms with E-state index in [0.29, 0.717) is 46.0 Å². The minimum atomic E-state index is -0.235. The van der Waals surface area contributed by atoms with E-state index >= 15 is 0 Å². The summed E-state index contributed by atoms with van der Waals surface area (Å²) in [5.41, 5.74) is 2.11. The molecule has 150 valence electrons. The van der Waals surface area contributed by atoms with Crippen molar-refractivity contribution in [1.29, 1.82) is 0 Å². The molecule has 0 radical (unpaired) electrons. The molecule has 0 aliphatic rings. The molecule has 0 spiro atoms. The highest BCUT2D eigenvalue weighted by molar-refractivity contribution is 6.00. The van der Waals surface area contributed by atoms with Gasteiger partial charge in [-0.15, -0.1) is 0 Å². The van der Waals surface area contributed by atoms with Crippen LogP contribution in [0.1, 0.15) is 34.8 Å². The van der Waals surface area contributed by atoms with Crippen molar-refractivity contribution in [3.8, 4) is 17.2 Å². The van der Waals surface area contributed by atoms with Gasteiger partial charge in [0.2, 0.25) is 11.7 Å². The maximum Gasteiger partial charge on any atom is 0.224 e. The molecule has 0 saturated heterocycles. The smallest absolute Gasteiger partial charge is 0.224 e. The largest absolute Gasteiger partial charge is 0.493 e. The molecule has 0 aliphatic carbocycles. The summed E-state index contributed by atoms with van der Waals surface area (Å²) < 4.78 is 15.9. The third kappa shape index (κ3) is 4.80. The van der Waals surface area contributed by atoms with E-state index in [4.69, 9.17) is 14.2 Å². The molecule has 1 amide bonds. The lowest BCUT2D eigenvalue weighted by Gasteiger charge is -2.14. The summed E-state index contributed by atoms with van der Waals surface area (Å²) in [7, 11) is 4.54. The molecule has 0 fully saturated rings. The zero-order valence-electron chi connectivity index (χ0n) is 16.5. The van der Waals surface area contributed by atoms with Crippen molar-refractivity contribution in [3.63, 3.8) is 0 Å². The second-order valence-electron chi connectivity index (χ2n) is 6.07. The van der Waals surface area contributed by atoms with E-state index in [2.05, 4.69) is 5.32 Å². The molecule has 7 nitrogen and oxygen atoms in total. The number of benzene rings is 2. The molecule has 0 aliphatic heterocycles. The average Bonchev–Trinajstić information content (AvgIpc) is 2.72. The Morgan fingerprint density at radius 2 is 1.64 bits per heavy atom. The number of aliphatic hydroxyl groups excluding tert-OH is 1. The second-order valence-corrected chi connectivity index (χ2v) is 6.07. The molecule has 0 aromatic heterocycles. The highest BCUT2D eigenvalue weighted by Crippen LogP contribution is 2.38. The molecular weight excluding hydrogens is 362 g/mol. The van der Waals surface area contributed by atoms with Crippen LogP contribution < -0.4 is 19.5 Å². The minimum Gasteiger partial charge on any atom is -0.493 e. The van der Waals surface area contributed by atoms with Gasteiger partial charge in [0.15, 0.2) is 17.3 Å². The Kier molecular flexibility index (Phi) is 7.40. The first-order valence-electron chi connectivity index (χ1n) is 8.83. The van der Waals surface area contributed by atoms with Crippen LogP contribution in [0, 0.1) is 0 Å². The van der Waals surface area contributed by atoms with Gasteiger partial charge in [-0.3, -0.25) is 9.59 Å². The van der Waals surface area contributed by atoms with E-state index in [-0.39, 0.29) is 24.7 Å². The molecule has 2 aromatic carbocycles. The summed E-state index contributed by atoms with van der Waals surface area (Å²) in [6, 6.07) is 8.29. The highest BCUT2D eigenvalue weighted by Gasteiger charge is 2.17. The SMILES string of the molecule is CCC(=O)Nc1cc(C(=O)Cc2cc(OC)c(OC)c(OC)c2)ccc1CO. The van der Waals surface area contributed by atoms with Crippen LogP contribution >= 0.6 is 0 Å². The Labute approximate surface area is 164 Å². The number of carbonyl (C=O) groups is 2. The third-order valence-electron chi connectivity index (χ3n) is 4.29. The summed E-state index contributed by atoms with van der Waals surface area (Å²) in [4.78, 5) is 24.5. The fraction of sp³-hybridized carbons (Fsp3) is 0.333. The van der Waals surface area contributed by atoms with Gasteiger partial charge in [-0.1, -0.05) is 19.1 Å². The monoisotopic (exact) mass is 387 g/mol. The normalized spacial score (nSPS) is 10.3. The van der Waals surface area contributed by atoms with Gasteiger partial charge in [-0.25, -0.2) is 0 Å². The highest BCUT2D eigenvalue weighted by atomic mass is 16.5. The van der Waals surface area contributed by atoms with Crippen molar-refractivity contribution >= 4 is 17.4 Å². The lowest BCUT2D eigenvalue weighted by Crippen LogP contribution is -2.13. The van der Waals surface area contributed by atoms with Gasteiger partial charge in [-0.2, -0.15) is 0 Å². The van der Waals surface area contributed by atoms with E-state index in [1.165, 1.54) is 21.3 Å². The van der Waals surface area contributed by atoms with Gasteiger partial charge in [0.1, 0.15) is 0 Å². The molecule has 0 heterocycles.